The molecular formula is C22H25N3O3. The fourth-order valence-corrected chi connectivity index (χ4v) is 2.90. The molecule has 0 aliphatic carbocycles. The molecule has 1 aliphatic rings. The minimum atomic E-state index is -0.610. The number of ether oxygens (including phenoxy) is 1. The lowest BCUT2D eigenvalue weighted by Crippen LogP contribution is -2.09. The van der Waals surface area contributed by atoms with Gasteiger partial charge in [0.1, 0.15) is 11.9 Å². The van der Waals surface area contributed by atoms with E-state index >= 15 is 0 Å². The van der Waals surface area contributed by atoms with Gasteiger partial charge in [0.2, 0.25) is 0 Å². The number of anilines is 1. The Morgan fingerprint density at radius 2 is 2.00 bits per heavy atom. The summed E-state index contributed by atoms with van der Waals surface area (Å²) in [5.74, 6) is -0.457. The minimum Gasteiger partial charge on any atom is -0.446 e. The van der Waals surface area contributed by atoms with Crippen molar-refractivity contribution in [2.24, 2.45) is 4.99 Å². The van der Waals surface area contributed by atoms with Crippen molar-refractivity contribution in [3.63, 3.8) is 0 Å². The van der Waals surface area contributed by atoms with Gasteiger partial charge in [-0.05, 0) is 36.1 Å². The van der Waals surface area contributed by atoms with Crippen molar-refractivity contribution in [3.8, 4) is 6.07 Å². The lowest BCUT2D eigenvalue weighted by Gasteiger charge is -2.13. The first kappa shape index (κ1) is 21.1. The van der Waals surface area contributed by atoms with Gasteiger partial charge in [0.05, 0.1) is 0 Å². The van der Waals surface area contributed by atoms with Crippen LogP contribution >= 0.6 is 0 Å². The maximum atomic E-state index is 12.4. The van der Waals surface area contributed by atoms with Gasteiger partial charge in [-0.25, -0.2) is 9.79 Å². The Kier molecular flexibility index (Phi) is 7.70. The van der Waals surface area contributed by atoms with Gasteiger partial charge in [-0.2, -0.15) is 5.26 Å². The van der Waals surface area contributed by atoms with E-state index in [1.807, 2.05) is 43.3 Å². The second-order valence-corrected chi connectivity index (χ2v) is 6.72. The summed E-state index contributed by atoms with van der Waals surface area (Å²) in [4.78, 5) is 30.7. The fraction of sp³-hybridized carbons (Fsp3) is 0.364. The number of aliphatic imine (C=N–C) groups is 1. The Hall–Kier alpha value is -3.20. The number of nitriles is 1. The molecule has 1 aliphatic heterocycles. The van der Waals surface area contributed by atoms with Gasteiger partial charge in [-0.3, -0.25) is 4.79 Å². The summed E-state index contributed by atoms with van der Waals surface area (Å²) in [6.07, 6.45) is 4.25. The van der Waals surface area contributed by atoms with Crippen LogP contribution < -0.4 is 4.90 Å². The number of benzene rings is 1. The standard InChI is InChI=1S/C22H25N3O3/c1-4-5-6-19(26)12-9-17-15-20(21(24-17)22(27)28-14-13-23)16-7-10-18(11-8-16)25(2)3/h4,7-8,10-11H,1,5-6,9,12,14-15H2,2-3H3. The molecule has 1 heterocycles. The summed E-state index contributed by atoms with van der Waals surface area (Å²) < 4.78 is 4.96. The van der Waals surface area contributed by atoms with Gasteiger partial charge >= 0.3 is 5.97 Å². The monoisotopic (exact) mass is 379 g/mol. The van der Waals surface area contributed by atoms with Crippen LogP contribution in [0.15, 0.2) is 47.6 Å². The van der Waals surface area contributed by atoms with Crippen molar-refractivity contribution in [2.75, 3.05) is 25.6 Å². The molecule has 0 saturated heterocycles. The summed E-state index contributed by atoms with van der Waals surface area (Å²) in [5, 5.41) is 8.66. The van der Waals surface area contributed by atoms with Crippen LogP contribution in [-0.2, 0) is 14.3 Å². The highest BCUT2D eigenvalue weighted by molar-refractivity contribution is 6.10. The van der Waals surface area contributed by atoms with Crippen molar-refractivity contribution in [3.05, 3.63) is 48.2 Å². The molecule has 146 valence electrons. The second kappa shape index (κ2) is 10.2. The Bertz CT molecular complexity index is 843. The molecule has 2 rings (SSSR count). The molecule has 0 spiro atoms. The molecule has 28 heavy (non-hydrogen) atoms. The van der Waals surface area contributed by atoms with E-state index in [-0.39, 0.29) is 18.1 Å². The highest BCUT2D eigenvalue weighted by atomic mass is 16.5. The van der Waals surface area contributed by atoms with Gasteiger partial charge < -0.3 is 9.64 Å². The molecule has 0 fully saturated rings. The van der Waals surface area contributed by atoms with E-state index in [4.69, 9.17) is 10.00 Å². The molecular weight excluding hydrogens is 354 g/mol. The van der Waals surface area contributed by atoms with Crippen LogP contribution in [-0.4, -0.2) is 38.2 Å². The minimum absolute atomic E-state index is 0.153. The number of nitrogens with zero attached hydrogens (tertiary/aromatic N) is 3. The molecule has 0 atom stereocenters. The normalized spacial score (nSPS) is 13.0. The Morgan fingerprint density at radius 1 is 1.29 bits per heavy atom. The first-order valence-corrected chi connectivity index (χ1v) is 9.20. The molecule has 1 aromatic carbocycles. The predicted molar refractivity (Wildman–Crippen MR) is 110 cm³/mol. The third-order valence-electron chi connectivity index (χ3n) is 4.45. The van der Waals surface area contributed by atoms with Crippen molar-refractivity contribution in [1.82, 2.24) is 0 Å². The molecule has 6 heteroatoms. The highest BCUT2D eigenvalue weighted by Gasteiger charge is 2.25. The van der Waals surface area contributed by atoms with Crippen molar-refractivity contribution >= 4 is 28.7 Å². The molecule has 0 unspecified atom stereocenters. The molecule has 0 aromatic heterocycles. The molecule has 0 saturated carbocycles. The molecule has 0 N–H and O–H groups in total. The smallest absolute Gasteiger partial charge is 0.358 e. The zero-order chi connectivity index (χ0) is 20.5. The van der Waals surface area contributed by atoms with E-state index in [1.54, 1.807) is 12.1 Å². The molecule has 1 aromatic rings. The van der Waals surface area contributed by atoms with Crippen LogP contribution in [0.4, 0.5) is 5.69 Å². The first-order chi connectivity index (χ1) is 13.5. The maximum absolute atomic E-state index is 12.4. The quantitative estimate of drug-likeness (QED) is 0.457. The number of esters is 1. The summed E-state index contributed by atoms with van der Waals surface area (Å²) in [7, 11) is 3.91. The number of hydrogen-bond acceptors (Lipinski definition) is 6. The molecule has 6 nitrogen and oxygen atoms in total. The third-order valence-corrected chi connectivity index (χ3v) is 4.45. The van der Waals surface area contributed by atoms with Crippen LogP contribution in [0.25, 0.3) is 5.57 Å². The fourth-order valence-electron chi connectivity index (χ4n) is 2.90. The maximum Gasteiger partial charge on any atom is 0.358 e. The van der Waals surface area contributed by atoms with Gasteiger partial charge in [-0.1, -0.05) is 18.2 Å². The molecule has 0 radical (unpaired) electrons. The summed E-state index contributed by atoms with van der Waals surface area (Å²) in [5.41, 5.74) is 3.70. The average molecular weight is 379 g/mol. The lowest BCUT2D eigenvalue weighted by atomic mass is 9.98. The Labute approximate surface area is 165 Å². The first-order valence-electron chi connectivity index (χ1n) is 9.20. The summed E-state index contributed by atoms with van der Waals surface area (Å²) >= 11 is 0. The van der Waals surface area contributed by atoms with Crippen LogP contribution in [0.3, 0.4) is 0 Å². The number of hydrogen-bond donors (Lipinski definition) is 0. The number of carbonyl (C=O) groups excluding carboxylic acids is 2. The van der Waals surface area contributed by atoms with Gasteiger partial charge in [-0.15, -0.1) is 6.58 Å². The van der Waals surface area contributed by atoms with E-state index in [0.29, 0.717) is 32.1 Å². The van der Waals surface area contributed by atoms with Crippen LogP contribution in [0.1, 0.15) is 37.7 Å². The van der Waals surface area contributed by atoms with E-state index < -0.39 is 5.97 Å². The second-order valence-electron chi connectivity index (χ2n) is 6.72. The topological polar surface area (TPSA) is 82.8 Å². The lowest BCUT2D eigenvalue weighted by molar-refractivity contribution is -0.137. The number of carbonyl (C=O) groups is 2. The van der Waals surface area contributed by atoms with Gasteiger partial charge in [0, 0.05) is 44.8 Å². The van der Waals surface area contributed by atoms with Crippen molar-refractivity contribution in [1.29, 1.82) is 5.26 Å². The van der Waals surface area contributed by atoms with Gasteiger partial charge in [0.15, 0.2) is 12.3 Å². The van der Waals surface area contributed by atoms with E-state index in [1.165, 1.54) is 0 Å². The number of allylic oxidation sites excluding steroid dienone is 2. The third kappa shape index (κ3) is 5.65. The Balaban J connectivity index is 2.18. The number of Topliss-reactive ketones (excluding diaryl/α,β-unsaturated/α-hetero) is 1. The van der Waals surface area contributed by atoms with E-state index in [2.05, 4.69) is 11.6 Å². The SMILES string of the molecule is C=CCCC(=O)CCC1=NC(C(=O)OCC#N)=C(c2ccc(N(C)C)cc2)C1. The van der Waals surface area contributed by atoms with Crippen molar-refractivity contribution < 1.29 is 14.3 Å². The summed E-state index contributed by atoms with van der Waals surface area (Å²) in [6, 6.07) is 9.62. The zero-order valence-corrected chi connectivity index (χ0v) is 16.4. The molecule has 0 bridgehead atoms. The Morgan fingerprint density at radius 3 is 2.61 bits per heavy atom. The predicted octanol–water partition coefficient (Wildman–Crippen LogP) is 3.69. The number of ketones is 1. The highest BCUT2D eigenvalue weighted by Crippen LogP contribution is 2.32. The molecule has 0 amide bonds. The van der Waals surface area contributed by atoms with E-state index in [9.17, 15) is 9.59 Å². The average Bonchev–Trinajstić information content (AvgIpc) is 3.13. The van der Waals surface area contributed by atoms with Crippen LogP contribution in [0.5, 0.6) is 0 Å². The van der Waals surface area contributed by atoms with E-state index in [0.717, 1.165) is 22.5 Å². The zero-order valence-electron chi connectivity index (χ0n) is 16.4. The summed E-state index contributed by atoms with van der Waals surface area (Å²) in [6.45, 7) is 3.31. The van der Waals surface area contributed by atoms with Crippen LogP contribution in [0.2, 0.25) is 0 Å². The van der Waals surface area contributed by atoms with Crippen LogP contribution in [0, 0.1) is 11.3 Å². The van der Waals surface area contributed by atoms with Crippen molar-refractivity contribution in [2.45, 2.75) is 32.1 Å². The van der Waals surface area contributed by atoms with Gasteiger partial charge in [0.25, 0.3) is 0 Å². The largest absolute Gasteiger partial charge is 0.446 e. The number of rotatable bonds is 10.